The van der Waals surface area contributed by atoms with E-state index in [9.17, 15) is 19.7 Å². The molecule has 2 aromatic carbocycles. The summed E-state index contributed by atoms with van der Waals surface area (Å²) in [7, 11) is 0. The fourth-order valence-electron chi connectivity index (χ4n) is 3.16. The molecular weight excluding hydrogens is 362 g/mol. The van der Waals surface area contributed by atoms with E-state index in [1.807, 2.05) is 13.0 Å². The first-order valence-electron chi connectivity index (χ1n) is 8.75. The minimum atomic E-state index is -0.829. The predicted molar refractivity (Wildman–Crippen MR) is 104 cm³/mol. The number of aryl methyl sites for hydroxylation is 1. The maximum absolute atomic E-state index is 12.4. The zero-order valence-electron chi connectivity index (χ0n) is 15.7. The van der Waals surface area contributed by atoms with Crippen LogP contribution in [0.4, 0.5) is 5.69 Å². The van der Waals surface area contributed by atoms with Crippen LogP contribution in [-0.2, 0) is 11.3 Å². The first-order valence-corrected chi connectivity index (χ1v) is 8.75. The van der Waals surface area contributed by atoms with Gasteiger partial charge in [-0.15, -0.1) is 0 Å². The number of nitrogens with zero attached hydrogens (tertiary/aromatic N) is 1. The summed E-state index contributed by atoms with van der Waals surface area (Å²) in [5.74, 6) is -0.566. The summed E-state index contributed by atoms with van der Waals surface area (Å²) in [6.45, 7) is 5.85. The molecular formula is C21H19NO6. The third kappa shape index (κ3) is 3.78. The van der Waals surface area contributed by atoms with Gasteiger partial charge in [0.1, 0.15) is 17.8 Å². The van der Waals surface area contributed by atoms with Gasteiger partial charge in [-0.05, 0) is 42.2 Å². The minimum absolute atomic E-state index is 0.140. The molecule has 0 aliphatic heterocycles. The lowest BCUT2D eigenvalue weighted by molar-refractivity contribution is -0.385. The quantitative estimate of drug-likeness (QED) is 0.279. The molecule has 0 radical (unpaired) electrons. The van der Waals surface area contributed by atoms with Gasteiger partial charge in [-0.1, -0.05) is 26.0 Å². The van der Waals surface area contributed by atoms with Crippen molar-refractivity contribution in [3.63, 3.8) is 0 Å². The predicted octanol–water partition coefficient (Wildman–Crippen LogP) is 4.49. The number of para-hydroxylation sites is 1. The molecule has 0 aliphatic rings. The molecule has 144 valence electrons. The second-order valence-electron chi connectivity index (χ2n) is 6.80. The monoisotopic (exact) mass is 381 g/mol. The number of hydrogen-bond donors (Lipinski definition) is 0. The number of esters is 1. The Morgan fingerprint density at radius 2 is 1.93 bits per heavy atom. The molecule has 7 heteroatoms. The fraction of sp³-hybridized carbons (Fsp3) is 0.238. The van der Waals surface area contributed by atoms with E-state index in [4.69, 9.17) is 9.15 Å². The number of rotatable bonds is 5. The number of hydrogen-bond acceptors (Lipinski definition) is 6. The molecule has 28 heavy (non-hydrogen) atoms. The Bertz CT molecular complexity index is 1130. The van der Waals surface area contributed by atoms with Gasteiger partial charge >= 0.3 is 11.6 Å². The van der Waals surface area contributed by atoms with Crippen LogP contribution in [-0.4, -0.2) is 10.9 Å². The molecule has 3 aromatic rings. The van der Waals surface area contributed by atoms with Crippen LogP contribution in [0.5, 0.6) is 0 Å². The summed E-state index contributed by atoms with van der Waals surface area (Å²) >= 11 is 0. The van der Waals surface area contributed by atoms with Gasteiger partial charge in [0.25, 0.3) is 5.69 Å². The Labute approximate surface area is 160 Å². The van der Waals surface area contributed by atoms with Crippen molar-refractivity contribution in [1.82, 2.24) is 0 Å². The van der Waals surface area contributed by atoms with Gasteiger partial charge in [0.15, 0.2) is 0 Å². The lowest BCUT2D eigenvalue weighted by Crippen LogP contribution is -2.10. The number of ether oxygens (including phenoxy) is 1. The summed E-state index contributed by atoms with van der Waals surface area (Å²) in [6, 6.07) is 10.5. The van der Waals surface area contributed by atoms with E-state index >= 15 is 0 Å². The summed E-state index contributed by atoms with van der Waals surface area (Å²) in [5.41, 5.74) is 1.96. The maximum atomic E-state index is 12.4. The molecule has 7 nitrogen and oxygen atoms in total. The standard InChI is InChI=1S/C21H19NO6/c1-12(2)16-10-17-14(9-20(23)28-19(17)8-13(16)3)11-27-21(24)15-6-4-5-7-18(15)22(25)26/h4-10,12H,11H2,1-3H3. The van der Waals surface area contributed by atoms with E-state index in [2.05, 4.69) is 13.8 Å². The zero-order valence-corrected chi connectivity index (χ0v) is 15.7. The first-order chi connectivity index (χ1) is 13.3. The first kappa shape index (κ1) is 19.3. The lowest BCUT2D eigenvalue weighted by atomic mass is 9.95. The third-order valence-corrected chi connectivity index (χ3v) is 4.52. The van der Waals surface area contributed by atoms with Gasteiger partial charge in [-0.25, -0.2) is 9.59 Å². The largest absolute Gasteiger partial charge is 0.457 e. The van der Waals surface area contributed by atoms with Crippen LogP contribution >= 0.6 is 0 Å². The number of nitro benzene ring substituents is 1. The van der Waals surface area contributed by atoms with Gasteiger partial charge in [0.2, 0.25) is 0 Å². The Balaban J connectivity index is 1.96. The molecule has 0 aliphatic carbocycles. The average Bonchev–Trinajstić information content (AvgIpc) is 2.64. The van der Waals surface area contributed by atoms with E-state index in [0.717, 1.165) is 11.1 Å². The molecule has 1 aromatic heterocycles. The Morgan fingerprint density at radius 3 is 2.61 bits per heavy atom. The highest BCUT2D eigenvalue weighted by Gasteiger charge is 2.21. The highest BCUT2D eigenvalue weighted by atomic mass is 16.6. The van der Waals surface area contributed by atoms with Gasteiger partial charge < -0.3 is 9.15 Å². The number of nitro groups is 1. The molecule has 0 fully saturated rings. The molecule has 0 bridgehead atoms. The molecule has 0 N–H and O–H groups in total. The van der Waals surface area contributed by atoms with E-state index in [1.54, 1.807) is 6.07 Å². The topological polar surface area (TPSA) is 99.7 Å². The molecule has 3 rings (SSSR count). The van der Waals surface area contributed by atoms with Gasteiger partial charge in [-0.2, -0.15) is 0 Å². The lowest BCUT2D eigenvalue weighted by Gasteiger charge is -2.13. The summed E-state index contributed by atoms with van der Waals surface area (Å²) < 4.78 is 10.5. The average molecular weight is 381 g/mol. The SMILES string of the molecule is Cc1cc2oc(=O)cc(COC(=O)c3ccccc3[N+](=O)[O-])c2cc1C(C)C. The Morgan fingerprint density at radius 1 is 1.21 bits per heavy atom. The number of benzene rings is 2. The maximum Gasteiger partial charge on any atom is 0.345 e. The van der Waals surface area contributed by atoms with Crippen molar-refractivity contribution in [1.29, 1.82) is 0 Å². The molecule has 1 heterocycles. The van der Waals surface area contributed by atoms with Gasteiger partial charge in [-0.3, -0.25) is 10.1 Å². The van der Waals surface area contributed by atoms with Crippen LogP contribution in [0.3, 0.4) is 0 Å². The highest BCUT2D eigenvalue weighted by molar-refractivity contribution is 5.94. The van der Waals surface area contributed by atoms with Gasteiger partial charge in [0.05, 0.1) is 4.92 Å². The van der Waals surface area contributed by atoms with Crippen LogP contribution < -0.4 is 5.63 Å². The molecule has 0 amide bonds. The normalized spacial score (nSPS) is 11.0. The molecule has 0 saturated carbocycles. The van der Waals surface area contributed by atoms with E-state index in [-0.39, 0.29) is 23.8 Å². The molecule has 0 saturated heterocycles. The molecule has 0 atom stereocenters. The molecule has 0 unspecified atom stereocenters. The van der Waals surface area contributed by atoms with Crippen molar-refractivity contribution in [2.75, 3.05) is 0 Å². The van der Waals surface area contributed by atoms with Crippen molar-refractivity contribution in [3.05, 3.63) is 85.3 Å². The van der Waals surface area contributed by atoms with Crippen LogP contribution in [0.15, 0.2) is 51.7 Å². The fourth-order valence-corrected chi connectivity index (χ4v) is 3.16. The van der Waals surface area contributed by atoms with Crippen LogP contribution in [0.25, 0.3) is 11.0 Å². The van der Waals surface area contributed by atoms with Crippen molar-refractivity contribution in [2.24, 2.45) is 0 Å². The van der Waals surface area contributed by atoms with E-state index in [1.165, 1.54) is 30.3 Å². The van der Waals surface area contributed by atoms with Crippen molar-refractivity contribution >= 4 is 22.6 Å². The van der Waals surface area contributed by atoms with Crippen molar-refractivity contribution < 1.29 is 18.9 Å². The smallest absolute Gasteiger partial charge is 0.345 e. The van der Waals surface area contributed by atoms with E-state index < -0.39 is 16.5 Å². The Kier molecular flexibility index (Phi) is 5.26. The van der Waals surface area contributed by atoms with Crippen molar-refractivity contribution in [3.8, 4) is 0 Å². The van der Waals surface area contributed by atoms with E-state index in [0.29, 0.717) is 16.5 Å². The van der Waals surface area contributed by atoms with Crippen molar-refractivity contribution in [2.45, 2.75) is 33.3 Å². The summed E-state index contributed by atoms with van der Waals surface area (Å²) in [4.78, 5) is 34.7. The molecule has 0 spiro atoms. The minimum Gasteiger partial charge on any atom is -0.457 e. The Hall–Kier alpha value is -3.48. The van der Waals surface area contributed by atoms with Crippen LogP contribution in [0.1, 0.15) is 46.8 Å². The summed E-state index contributed by atoms with van der Waals surface area (Å²) in [5, 5.41) is 11.8. The summed E-state index contributed by atoms with van der Waals surface area (Å²) in [6.07, 6.45) is 0. The highest BCUT2D eigenvalue weighted by Crippen LogP contribution is 2.27. The van der Waals surface area contributed by atoms with Gasteiger partial charge in [0, 0.05) is 23.1 Å². The van der Waals surface area contributed by atoms with Crippen LogP contribution in [0.2, 0.25) is 0 Å². The number of carbonyl (C=O) groups is 1. The number of fused-ring (bicyclic) bond motifs is 1. The second kappa shape index (κ2) is 7.64. The second-order valence-corrected chi connectivity index (χ2v) is 6.80. The number of carbonyl (C=O) groups excluding carboxylic acids is 1. The van der Waals surface area contributed by atoms with Crippen LogP contribution in [0, 0.1) is 17.0 Å². The zero-order chi connectivity index (χ0) is 20.4. The third-order valence-electron chi connectivity index (χ3n) is 4.52.